The van der Waals surface area contributed by atoms with Crippen LogP contribution in [-0.4, -0.2) is 23.2 Å². The molecule has 0 aliphatic rings. The average molecular weight is 337 g/mol. The first kappa shape index (κ1) is 18.3. The first-order valence-electron chi connectivity index (χ1n) is 6.35. The second kappa shape index (κ2) is 7.00. The summed E-state index contributed by atoms with van der Waals surface area (Å²) in [7, 11) is 0. The van der Waals surface area contributed by atoms with E-state index in [4.69, 9.17) is 16.3 Å². The maximum absolute atomic E-state index is 12.6. The quantitative estimate of drug-likeness (QED) is 0.838. The smallest absolute Gasteiger partial charge is 0.433 e. The largest absolute Gasteiger partial charge is 0.444 e. The summed E-state index contributed by atoms with van der Waals surface area (Å²) < 4.78 is 42.8. The van der Waals surface area contributed by atoms with Crippen LogP contribution in [0.5, 0.6) is 0 Å². The van der Waals surface area contributed by atoms with E-state index in [0.29, 0.717) is 0 Å². The van der Waals surface area contributed by atoms with Crippen LogP contribution < -0.4 is 5.32 Å². The van der Waals surface area contributed by atoms with Crippen molar-refractivity contribution >= 4 is 23.8 Å². The minimum Gasteiger partial charge on any atom is -0.444 e. The topological polar surface area (TPSA) is 51.2 Å². The second-order valence-corrected chi connectivity index (χ2v) is 5.78. The fourth-order valence-electron chi connectivity index (χ4n) is 1.41. The minimum absolute atomic E-state index is 0.107. The number of nitrogens with zero attached hydrogens (tertiary/aromatic N) is 1. The number of hydrogen-bond donors (Lipinski definition) is 1. The summed E-state index contributed by atoms with van der Waals surface area (Å²) in [4.78, 5) is 14.6. The summed E-state index contributed by atoms with van der Waals surface area (Å²) in [5.41, 5.74) is -1.45. The average Bonchev–Trinajstić information content (AvgIpc) is 2.30. The number of alkyl halides is 3. The zero-order chi connectivity index (χ0) is 17.0. The molecular weight excluding hydrogens is 321 g/mol. The Morgan fingerprint density at radius 2 is 2.00 bits per heavy atom. The number of ether oxygens (including phenoxy) is 1. The lowest BCUT2D eigenvalue weighted by Crippen LogP contribution is -2.32. The van der Waals surface area contributed by atoms with E-state index in [1.807, 2.05) is 0 Å². The van der Waals surface area contributed by atoms with Gasteiger partial charge < -0.3 is 10.1 Å². The Morgan fingerprint density at radius 1 is 1.36 bits per heavy atom. The molecule has 0 fully saturated rings. The number of hydrogen-bond acceptors (Lipinski definition) is 3. The molecule has 0 saturated carbocycles. The highest BCUT2D eigenvalue weighted by Gasteiger charge is 2.32. The number of alkyl carbamates (subject to hydrolysis) is 1. The molecular formula is C14H16ClF3N2O2. The molecule has 0 saturated heterocycles. The van der Waals surface area contributed by atoms with Crippen molar-refractivity contribution in [1.29, 1.82) is 0 Å². The van der Waals surface area contributed by atoms with Gasteiger partial charge in [-0.2, -0.15) is 13.2 Å². The van der Waals surface area contributed by atoms with Gasteiger partial charge in [0.1, 0.15) is 16.4 Å². The van der Waals surface area contributed by atoms with E-state index in [2.05, 4.69) is 10.3 Å². The maximum atomic E-state index is 12.6. The summed E-state index contributed by atoms with van der Waals surface area (Å²) in [6.45, 7) is 5.27. The van der Waals surface area contributed by atoms with Crippen molar-refractivity contribution in [3.8, 4) is 0 Å². The van der Waals surface area contributed by atoms with Crippen molar-refractivity contribution in [2.45, 2.75) is 32.5 Å². The van der Waals surface area contributed by atoms with E-state index in [1.165, 1.54) is 18.2 Å². The Kier molecular flexibility index (Phi) is 5.82. The normalized spacial score (nSPS) is 12.5. The second-order valence-electron chi connectivity index (χ2n) is 5.39. The van der Waals surface area contributed by atoms with Crippen LogP contribution in [0.25, 0.3) is 6.08 Å². The fraction of sp³-hybridized carbons (Fsp3) is 0.429. The van der Waals surface area contributed by atoms with Crippen LogP contribution in [0.3, 0.4) is 0 Å². The first-order chi connectivity index (χ1) is 9.97. The Bertz CT molecular complexity index is 566. The zero-order valence-corrected chi connectivity index (χ0v) is 13.0. The number of rotatable bonds is 3. The van der Waals surface area contributed by atoms with Gasteiger partial charge in [-0.3, -0.25) is 0 Å². The molecule has 1 rings (SSSR count). The van der Waals surface area contributed by atoms with Crippen LogP contribution in [0, 0.1) is 0 Å². The number of amides is 1. The molecule has 1 amide bonds. The van der Waals surface area contributed by atoms with Gasteiger partial charge in [-0.15, -0.1) is 0 Å². The zero-order valence-electron chi connectivity index (χ0n) is 12.3. The molecule has 0 radical (unpaired) electrons. The molecule has 0 bridgehead atoms. The van der Waals surface area contributed by atoms with E-state index in [-0.39, 0.29) is 17.3 Å². The lowest BCUT2D eigenvalue weighted by atomic mass is 10.2. The Balaban J connectivity index is 2.64. The van der Waals surface area contributed by atoms with Crippen LogP contribution in [0.15, 0.2) is 18.2 Å². The van der Waals surface area contributed by atoms with Crippen molar-refractivity contribution in [3.63, 3.8) is 0 Å². The van der Waals surface area contributed by atoms with E-state index in [0.717, 1.165) is 6.07 Å². The molecule has 122 valence electrons. The molecule has 4 nitrogen and oxygen atoms in total. The molecule has 1 N–H and O–H groups in total. The molecule has 0 spiro atoms. The summed E-state index contributed by atoms with van der Waals surface area (Å²) in [6.07, 6.45) is -2.29. The van der Waals surface area contributed by atoms with Gasteiger partial charge in [0.2, 0.25) is 0 Å². The highest BCUT2D eigenvalue weighted by Crippen LogP contribution is 2.29. The number of nitrogens with one attached hydrogen (secondary N) is 1. The number of carbonyl (C=O) groups is 1. The molecule has 22 heavy (non-hydrogen) atoms. The Labute approximate surface area is 131 Å². The summed E-state index contributed by atoms with van der Waals surface area (Å²) in [6, 6.07) is 2.16. The van der Waals surface area contributed by atoms with Gasteiger partial charge >= 0.3 is 12.3 Å². The monoisotopic (exact) mass is 336 g/mol. The van der Waals surface area contributed by atoms with Crippen LogP contribution in [0.1, 0.15) is 32.0 Å². The Hall–Kier alpha value is -1.76. The number of pyridine rings is 1. The van der Waals surface area contributed by atoms with E-state index < -0.39 is 23.6 Å². The van der Waals surface area contributed by atoms with Crippen LogP contribution in [0.2, 0.25) is 5.15 Å². The van der Waals surface area contributed by atoms with Gasteiger partial charge in [0.15, 0.2) is 0 Å². The third kappa shape index (κ3) is 6.80. The van der Waals surface area contributed by atoms with Gasteiger partial charge in [-0.25, -0.2) is 9.78 Å². The third-order valence-electron chi connectivity index (χ3n) is 2.18. The van der Waals surface area contributed by atoms with Gasteiger partial charge in [0.25, 0.3) is 0 Å². The van der Waals surface area contributed by atoms with E-state index in [1.54, 1.807) is 20.8 Å². The van der Waals surface area contributed by atoms with Crippen LogP contribution >= 0.6 is 11.6 Å². The summed E-state index contributed by atoms with van der Waals surface area (Å²) in [5, 5.41) is 2.20. The molecule has 1 heterocycles. The molecule has 0 aromatic carbocycles. The molecule has 0 atom stereocenters. The van der Waals surface area contributed by atoms with Crippen molar-refractivity contribution in [2.24, 2.45) is 0 Å². The van der Waals surface area contributed by atoms with Gasteiger partial charge in [-0.05, 0) is 38.5 Å². The lowest BCUT2D eigenvalue weighted by Gasteiger charge is -2.19. The SMILES string of the molecule is CC(C)(C)OC(=O)NCC=Cc1cc(Cl)nc(C(F)(F)F)c1. The molecule has 0 unspecified atom stereocenters. The van der Waals surface area contributed by atoms with Crippen molar-refractivity contribution in [1.82, 2.24) is 10.3 Å². The minimum atomic E-state index is -4.57. The molecule has 0 aliphatic heterocycles. The molecule has 0 aliphatic carbocycles. The maximum Gasteiger partial charge on any atom is 0.433 e. The van der Waals surface area contributed by atoms with Crippen molar-refractivity contribution < 1.29 is 22.7 Å². The van der Waals surface area contributed by atoms with Crippen molar-refractivity contribution in [3.05, 3.63) is 34.6 Å². The van der Waals surface area contributed by atoms with Crippen LogP contribution in [0.4, 0.5) is 18.0 Å². The predicted molar refractivity (Wildman–Crippen MR) is 77.5 cm³/mol. The third-order valence-corrected chi connectivity index (χ3v) is 2.37. The highest BCUT2D eigenvalue weighted by atomic mass is 35.5. The standard InChI is InChI=1S/C14H16ClF3N2O2/c1-13(2,3)22-12(21)19-6-4-5-9-7-10(14(16,17)18)20-11(15)8-9/h4-5,7-8H,6H2,1-3H3,(H,19,21). The summed E-state index contributed by atoms with van der Waals surface area (Å²) >= 11 is 5.56. The first-order valence-corrected chi connectivity index (χ1v) is 6.73. The van der Waals surface area contributed by atoms with Crippen molar-refractivity contribution in [2.75, 3.05) is 6.54 Å². The van der Waals surface area contributed by atoms with E-state index in [9.17, 15) is 18.0 Å². The van der Waals surface area contributed by atoms with Gasteiger partial charge in [0.05, 0.1) is 0 Å². The number of aromatic nitrogens is 1. The molecule has 1 aromatic rings. The molecule has 8 heteroatoms. The lowest BCUT2D eigenvalue weighted by molar-refractivity contribution is -0.141. The summed E-state index contributed by atoms with van der Waals surface area (Å²) in [5.74, 6) is 0. The molecule has 1 aromatic heterocycles. The highest BCUT2D eigenvalue weighted by molar-refractivity contribution is 6.29. The van der Waals surface area contributed by atoms with Gasteiger partial charge in [0, 0.05) is 6.54 Å². The van der Waals surface area contributed by atoms with Crippen LogP contribution in [-0.2, 0) is 10.9 Å². The fourth-order valence-corrected chi connectivity index (χ4v) is 1.63. The Morgan fingerprint density at radius 3 is 2.55 bits per heavy atom. The predicted octanol–water partition coefficient (Wildman–Crippen LogP) is 4.29. The number of carbonyl (C=O) groups excluding carboxylic acids is 1. The van der Waals surface area contributed by atoms with Gasteiger partial charge in [-0.1, -0.05) is 23.8 Å². The number of halogens is 4. The van der Waals surface area contributed by atoms with E-state index >= 15 is 0 Å².